The van der Waals surface area contributed by atoms with Gasteiger partial charge in [-0.15, -0.1) is 0 Å². The fourth-order valence-electron chi connectivity index (χ4n) is 2.59. The van der Waals surface area contributed by atoms with Crippen molar-refractivity contribution in [1.82, 2.24) is 14.5 Å². The molecule has 0 radical (unpaired) electrons. The maximum absolute atomic E-state index is 6.03. The largest absolute Gasteiger partial charge is 0.379 e. The summed E-state index contributed by atoms with van der Waals surface area (Å²) in [6, 6.07) is 1.78. The third kappa shape index (κ3) is 1.74. The Balaban J connectivity index is 2.18. The molecule has 0 saturated carbocycles. The van der Waals surface area contributed by atoms with Crippen LogP contribution in [0.15, 0.2) is 12.3 Å². The summed E-state index contributed by atoms with van der Waals surface area (Å²) in [5.74, 6) is 0.466. The first-order valence-electron chi connectivity index (χ1n) is 5.98. The number of nitrogens with two attached hydrogens (primary N) is 1. The molecule has 0 aromatic carbocycles. The molecule has 3 rings (SSSR count). The third-order valence-electron chi connectivity index (χ3n) is 3.45. The van der Waals surface area contributed by atoms with Crippen LogP contribution in [0.3, 0.4) is 0 Å². The Kier molecular flexibility index (Phi) is 2.68. The fourth-order valence-corrected chi connectivity index (χ4v) is 2.74. The number of pyridine rings is 1. The highest BCUT2D eigenvalue weighted by Gasteiger charge is 2.33. The molecule has 2 N–H and O–H groups in total. The number of nitrogens with zero attached hydrogens (tertiary/aromatic N) is 3. The van der Waals surface area contributed by atoms with Gasteiger partial charge in [-0.2, -0.15) is 0 Å². The van der Waals surface area contributed by atoms with Crippen molar-refractivity contribution in [2.24, 2.45) is 0 Å². The highest BCUT2D eigenvalue weighted by Crippen LogP contribution is 2.33. The van der Waals surface area contributed by atoms with E-state index >= 15 is 0 Å². The molecule has 0 bridgehead atoms. The van der Waals surface area contributed by atoms with E-state index in [4.69, 9.17) is 22.1 Å². The molecule has 5 nitrogen and oxygen atoms in total. The van der Waals surface area contributed by atoms with Crippen LogP contribution in [0.25, 0.3) is 11.2 Å². The summed E-state index contributed by atoms with van der Waals surface area (Å²) in [5, 5.41) is 0.567. The van der Waals surface area contributed by atoms with Crippen molar-refractivity contribution in [2.45, 2.75) is 25.3 Å². The lowest BCUT2D eigenvalue weighted by Gasteiger charge is -2.35. The average Bonchev–Trinajstić information content (AvgIpc) is 2.65. The third-order valence-corrected chi connectivity index (χ3v) is 3.65. The molecule has 0 amide bonds. The van der Waals surface area contributed by atoms with Gasteiger partial charge in [-0.1, -0.05) is 11.6 Å². The molecule has 1 aliphatic rings. The first-order valence-corrected chi connectivity index (χ1v) is 6.36. The Hall–Kier alpha value is -1.33. The smallest absolute Gasteiger partial charge is 0.203 e. The molecular weight excluding hydrogens is 252 g/mol. The molecule has 1 unspecified atom stereocenters. The van der Waals surface area contributed by atoms with Crippen molar-refractivity contribution in [2.75, 3.05) is 18.9 Å². The lowest BCUT2D eigenvalue weighted by Crippen LogP contribution is -2.39. The maximum Gasteiger partial charge on any atom is 0.203 e. The van der Waals surface area contributed by atoms with Crippen LogP contribution >= 0.6 is 11.6 Å². The van der Waals surface area contributed by atoms with Crippen molar-refractivity contribution >= 4 is 28.7 Å². The van der Waals surface area contributed by atoms with E-state index in [0.29, 0.717) is 17.6 Å². The monoisotopic (exact) mass is 266 g/mol. The van der Waals surface area contributed by atoms with Crippen LogP contribution in [0, 0.1) is 0 Å². The molecule has 2 aromatic rings. The van der Waals surface area contributed by atoms with E-state index in [2.05, 4.69) is 16.9 Å². The topological polar surface area (TPSA) is 66.0 Å². The number of aromatic nitrogens is 3. The van der Waals surface area contributed by atoms with Gasteiger partial charge in [-0.25, -0.2) is 9.97 Å². The highest BCUT2D eigenvalue weighted by molar-refractivity contribution is 6.31. The van der Waals surface area contributed by atoms with Crippen LogP contribution in [-0.2, 0) is 10.3 Å². The maximum atomic E-state index is 6.03. The molecule has 0 aliphatic carbocycles. The number of ether oxygens (including phenoxy) is 1. The molecular formula is C12H15ClN4O. The molecule has 1 atom stereocenters. The molecule has 0 spiro atoms. The van der Waals surface area contributed by atoms with E-state index in [1.165, 1.54) is 0 Å². The van der Waals surface area contributed by atoms with Crippen LogP contribution in [0.1, 0.15) is 19.8 Å². The van der Waals surface area contributed by atoms with Gasteiger partial charge in [0.25, 0.3) is 0 Å². The Labute approximate surface area is 110 Å². The number of halogens is 1. The van der Waals surface area contributed by atoms with Crippen molar-refractivity contribution in [1.29, 1.82) is 0 Å². The van der Waals surface area contributed by atoms with Gasteiger partial charge in [0.2, 0.25) is 5.95 Å². The van der Waals surface area contributed by atoms with E-state index in [1.54, 1.807) is 12.3 Å². The Morgan fingerprint density at radius 3 is 3.11 bits per heavy atom. The number of nitrogen functional groups attached to an aromatic ring is 1. The SMILES string of the molecule is CC1(n2c(N)nc3cc(Cl)cnc32)CCCOC1. The van der Waals surface area contributed by atoms with Crippen molar-refractivity contribution in [3.63, 3.8) is 0 Å². The molecule has 1 aliphatic heterocycles. The van der Waals surface area contributed by atoms with Crippen molar-refractivity contribution in [3.8, 4) is 0 Å². The Morgan fingerprint density at radius 1 is 1.56 bits per heavy atom. The minimum atomic E-state index is -0.183. The summed E-state index contributed by atoms with van der Waals surface area (Å²) in [6.07, 6.45) is 3.64. The number of anilines is 1. The van der Waals surface area contributed by atoms with Crippen molar-refractivity contribution in [3.05, 3.63) is 17.3 Å². The van der Waals surface area contributed by atoms with Crippen LogP contribution in [0.2, 0.25) is 5.02 Å². The lowest BCUT2D eigenvalue weighted by atomic mass is 9.94. The van der Waals surface area contributed by atoms with Gasteiger partial charge < -0.3 is 10.5 Å². The van der Waals surface area contributed by atoms with E-state index in [1.807, 2.05) is 4.57 Å². The van der Waals surface area contributed by atoms with Gasteiger partial charge in [0.15, 0.2) is 5.65 Å². The molecule has 1 saturated heterocycles. The zero-order valence-electron chi connectivity index (χ0n) is 10.2. The minimum absolute atomic E-state index is 0.183. The van der Waals surface area contributed by atoms with Crippen LogP contribution in [-0.4, -0.2) is 27.7 Å². The van der Waals surface area contributed by atoms with Gasteiger partial charge >= 0.3 is 0 Å². The predicted octanol–water partition coefficient (Wildman–Crippen LogP) is 2.19. The second kappa shape index (κ2) is 4.10. The lowest BCUT2D eigenvalue weighted by molar-refractivity contribution is 0.0122. The molecule has 18 heavy (non-hydrogen) atoms. The van der Waals surface area contributed by atoms with E-state index in [9.17, 15) is 0 Å². The predicted molar refractivity (Wildman–Crippen MR) is 70.7 cm³/mol. The fraction of sp³-hybridized carbons (Fsp3) is 0.500. The first-order chi connectivity index (χ1) is 8.60. The summed E-state index contributed by atoms with van der Waals surface area (Å²) in [6.45, 7) is 3.56. The number of hydrogen-bond donors (Lipinski definition) is 1. The van der Waals surface area contributed by atoms with Gasteiger partial charge in [0.1, 0.15) is 5.52 Å². The molecule has 1 fully saturated rings. The number of fused-ring (bicyclic) bond motifs is 1. The summed E-state index contributed by atoms with van der Waals surface area (Å²) in [5.41, 5.74) is 7.35. The van der Waals surface area contributed by atoms with Gasteiger partial charge in [0.05, 0.1) is 17.2 Å². The van der Waals surface area contributed by atoms with Gasteiger partial charge in [0, 0.05) is 12.8 Å². The summed E-state index contributed by atoms with van der Waals surface area (Å²) in [4.78, 5) is 8.69. The van der Waals surface area contributed by atoms with Crippen LogP contribution < -0.4 is 5.73 Å². The Bertz CT molecular complexity index is 589. The molecule has 6 heteroatoms. The molecule has 2 aromatic heterocycles. The zero-order chi connectivity index (χ0) is 12.8. The number of imidazole rings is 1. The summed E-state index contributed by atoms with van der Waals surface area (Å²) < 4.78 is 7.55. The van der Waals surface area contributed by atoms with Gasteiger partial charge in [-0.05, 0) is 25.8 Å². The van der Waals surface area contributed by atoms with Crippen LogP contribution in [0.5, 0.6) is 0 Å². The zero-order valence-corrected chi connectivity index (χ0v) is 10.9. The quantitative estimate of drug-likeness (QED) is 0.859. The summed E-state index contributed by atoms with van der Waals surface area (Å²) >= 11 is 5.92. The van der Waals surface area contributed by atoms with Gasteiger partial charge in [-0.3, -0.25) is 4.57 Å². The second-order valence-corrected chi connectivity index (χ2v) is 5.39. The van der Waals surface area contributed by atoms with E-state index in [0.717, 1.165) is 30.6 Å². The minimum Gasteiger partial charge on any atom is -0.379 e. The molecule has 3 heterocycles. The Morgan fingerprint density at radius 2 is 2.39 bits per heavy atom. The average molecular weight is 267 g/mol. The first kappa shape index (κ1) is 11.7. The molecule has 96 valence electrons. The van der Waals surface area contributed by atoms with E-state index < -0.39 is 0 Å². The number of rotatable bonds is 1. The van der Waals surface area contributed by atoms with Crippen LogP contribution in [0.4, 0.5) is 5.95 Å². The second-order valence-electron chi connectivity index (χ2n) is 4.95. The standard InChI is InChI=1S/C12H15ClN4O/c1-12(3-2-4-18-7-12)17-10-9(16-11(17)14)5-8(13)6-15-10/h5-6H,2-4,7H2,1H3,(H2,14,16). The highest BCUT2D eigenvalue weighted by atomic mass is 35.5. The summed E-state index contributed by atoms with van der Waals surface area (Å²) in [7, 11) is 0. The normalized spacial score (nSPS) is 24.6. The van der Waals surface area contributed by atoms with Crippen molar-refractivity contribution < 1.29 is 4.74 Å². The van der Waals surface area contributed by atoms with E-state index in [-0.39, 0.29) is 5.54 Å². The number of hydrogen-bond acceptors (Lipinski definition) is 4.